The van der Waals surface area contributed by atoms with Gasteiger partial charge in [0.2, 0.25) is 5.88 Å². The Hall–Kier alpha value is -1.79. The lowest BCUT2D eigenvalue weighted by Gasteiger charge is -2.09. The van der Waals surface area contributed by atoms with E-state index in [-0.39, 0.29) is 6.61 Å². The Morgan fingerprint density at radius 2 is 2.00 bits per heavy atom. The predicted octanol–water partition coefficient (Wildman–Crippen LogP) is 2.91. The molecule has 0 aliphatic rings. The maximum absolute atomic E-state index is 9.01. The monoisotopic (exact) mass is 291 g/mol. The Bertz CT molecular complexity index is 561. The number of thioether (sulfide) groups is 1. The number of hydrogen-bond donors (Lipinski definition) is 2. The first-order chi connectivity index (χ1) is 9.75. The summed E-state index contributed by atoms with van der Waals surface area (Å²) < 4.78 is 5.72. The third-order valence-electron chi connectivity index (χ3n) is 2.55. The smallest absolute Gasteiger partial charge is 0.225 e. The molecule has 0 saturated heterocycles. The van der Waals surface area contributed by atoms with Gasteiger partial charge in [0, 0.05) is 12.6 Å². The molecule has 2 rings (SSSR count). The first-order valence-electron chi connectivity index (χ1n) is 6.29. The van der Waals surface area contributed by atoms with E-state index in [1.54, 1.807) is 18.2 Å². The molecule has 2 N–H and O–H groups in total. The number of ether oxygens (including phenoxy) is 1. The number of anilines is 1. The van der Waals surface area contributed by atoms with Crippen LogP contribution in [0.1, 0.15) is 12.5 Å². The summed E-state index contributed by atoms with van der Waals surface area (Å²) in [7, 11) is 0. The van der Waals surface area contributed by atoms with Crippen molar-refractivity contribution in [2.45, 2.75) is 18.7 Å². The van der Waals surface area contributed by atoms with Gasteiger partial charge >= 0.3 is 0 Å². The van der Waals surface area contributed by atoms with Crippen molar-refractivity contribution in [3.05, 3.63) is 35.9 Å². The van der Waals surface area contributed by atoms with Crippen LogP contribution in [0.4, 0.5) is 5.82 Å². The van der Waals surface area contributed by atoms with Gasteiger partial charge in [0.05, 0.1) is 6.61 Å². The molecule has 2 aromatic rings. The molecule has 6 heteroatoms. The highest BCUT2D eigenvalue weighted by molar-refractivity contribution is 7.98. The molecule has 0 saturated carbocycles. The molecule has 106 valence electrons. The van der Waals surface area contributed by atoms with E-state index in [4.69, 9.17) is 9.84 Å². The molecule has 0 bridgehead atoms. The average molecular weight is 291 g/mol. The molecule has 1 aromatic heterocycles. The zero-order valence-electron chi connectivity index (χ0n) is 11.5. The molecule has 0 fully saturated rings. The van der Waals surface area contributed by atoms with Gasteiger partial charge in [0.25, 0.3) is 0 Å². The van der Waals surface area contributed by atoms with Crippen LogP contribution in [0.25, 0.3) is 0 Å². The summed E-state index contributed by atoms with van der Waals surface area (Å²) in [4.78, 5) is 8.65. The van der Waals surface area contributed by atoms with Crippen molar-refractivity contribution in [2.75, 3.05) is 18.1 Å². The van der Waals surface area contributed by atoms with Gasteiger partial charge in [-0.1, -0.05) is 23.9 Å². The maximum Gasteiger partial charge on any atom is 0.225 e. The summed E-state index contributed by atoms with van der Waals surface area (Å²) in [6.07, 6.45) is 1.92. The van der Waals surface area contributed by atoms with Crippen LogP contribution in [0, 0.1) is 0 Å². The number of nitrogens with zero attached hydrogens (tertiary/aromatic N) is 2. The van der Waals surface area contributed by atoms with Crippen molar-refractivity contribution in [3.63, 3.8) is 0 Å². The quantitative estimate of drug-likeness (QED) is 0.630. The van der Waals surface area contributed by atoms with E-state index in [9.17, 15) is 0 Å². The summed E-state index contributed by atoms with van der Waals surface area (Å²) in [5.74, 6) is 1.92. The van der Waals surface area contributed by atoms with Crippen LogP contribution < -0.4 is 10.1 Å². The second kappa shape index (κ2) is 7.12. The normalized spacial score (nSPS) is 10.3. The molecular weight excluding hydrogens is 274 g/mol. The zero-order valence-corrected chi connectivity index (χ0v) is 12.3. The molecule has 1 aromatic carbocycles. The van der Waals surface area contributed by atoms with Gasteiger partial charge in [-0.2, -0.15) is 4.98 Å². The lowest BCUT2D eigenvalue weighted by molar-refractivity contribution is 0.281. The minimum atomic E-state index is 0.0228. The van der Waals surface area contributed by atoms with E-state index in [1.165, 1.54) is 11.8 Å². The van der Waals surface area contributed by atoms with Crippen LogP contribution in [0.5, 0.6) is 11.6 Å². The fourth-order valence-electron chi connectivity index (χ4n) is 1.60. The van der Waals surface area contributed by atoms with Gasteiger partial charge in [0.1, 0.15) is 11.6 Å². The maximum atomic E-state index is 9.01. The molecule has 0 radical (unpaired) electrons. The molecule has 0 atom stereocenters. The van der Waals surface area contributed by atoms with Gasteiger partial charge in [-0.25, -0.2) is 4.98 Å². The Labute approximate surface area is 122 Å². The zero-order chi connectivity index (χ0) is 14.4. The third kappa shape index (κ3) is 3.85. The Balaban J connectivity index is 2.20. The van der Waals surface area contributed by atoms with Gasteiger partial charge in [-0.05, 0) is 30.9 Å². The fraction of sp³-hybridized carbons (Fsp3) is 0.286. The summed E-state index contributed by atoms with van der Waals surface area (Å²) in [6.45, 7) is 2.82. The minimum absolute atomic E-state index is 0.0228. The molecule has 0 unspecified atom stereocenters. The van der Waals surface area contributed by atoms with E-state index in [0.717, 1.165) is 17.9 Å². The number of aliphatic hydroxyl groups is 1. The molecule has 20 heavy (non-hydrogen) atoms. The van der Waals surface area contributed by atoms with E-state index in [2.05, 4.69) is 15.3 Å². The summed E-state index contributed by atoms with van der Waals surface area (Å²) >= 11 is 1.46. The minimum Gasteiger partial charge on any atom is -0.439 e. The van der Waals surface area contributed by atoms with Crippen LogP contribution in [0.2, 0.25) is 0 Å². The van der Waals surface area contributed by atoms with E-state index in [1.807, 2.05) is 25.3 Å². The van der Waals surface area contributed by atoms with Crippen LogP contribution in [-0.2, 0) is 6.61 Å². The van der Waals surface area contributed by atoms with Gasteiger partial charge in [-0.3, -0.25) is 0 Å². The number of aromatic nitrogens is 2. The second-order valence-electron chi connectivity index (χ2n) is 4.01. The molecular formula is C14H17N3O2S. The van der Waals surface area contributed by atoms with Crippen LogP contribution in [0.3, 0.4) is 0 Å². The molecule has 1 heterocycles. The largest absolute Gasteiger partial charge is 0.439 e. The molecule has 0 amide bonds. The lowest BCUT2D eigenvalue weighted by Crippen LogP contribution is -2.02. The lowest BCUT2D eigenvalue weighted by atomic mass is 10.2. The van der Waals surface area contributed by atoms with Gasteiger partial charge in [0.15, 0.2) is 5.16 Å². The highest BCUT2D eigenvalue weighted by Gasteiger charge is 2.06. The highest BCUT2D eigenvalue weighted by atomic mass is 32.2. The standard InChI is InChI=1S/C14H17N3O2S/c1-3-15-12-8-13(17-14(16-12)20-2)19-11-6-4-10(9-18)5-7-11/h4-8,18H,3,9H2,1-2H3,(H,15,16,17). The number of benzene rings is 1. The van der Waals surface area contributed by atoms with Gasteiger partial charge in [-0.15, -0.1) is 0 Å². The van der Waals surface area contributed by atoms with E-state index in [0.29, 0.717) is 16.8 Å². The van der Waals surface area contributed by atoms with Crippen molar-refractivity contribution in [2.24, 2.45) is 0 Å². The number of rotatable bonds is 6. The van der Waals surface area contributed by atoms with Crippen molar-refractivity contribution < 1.29 is 9.84 Å². The van der Waals surface area contributed by atoms with E-state index >= 15 is 0 Å². The average Bonchev–Trinajstić information content (AvgIpc) is 2.48. The Morgan fingerprint density at radius 1 is 1.25 bits per heavy atom. The Morgan fingerprint density at radius 3 is 2.60 bits per heavy atom. The summed E-state index contributed by atoms with van der Waals surface area (Å²) in [6, 6.07) is 9.01. The first kappa shape index (κ1) is 14.6. The highest BCUT2D eigenvalue weighted by Crippen LogP contribution is 2.24. The Kier molecular flexibility index (Phi) is 5.20. The van der Waals surface area contributed by atoms with Crippen molar-refractivity contribution in [1.29, 1.82) is 0 Å². The topological polar surface area (TPSA) is 67.3 Å². The van der Waals surface area contributed by atoms with Crippen LogP contribution in [-0.4, -0.2) is 27.9 Å². The van der Waals surface area contributed by atoms with Crippen LogP contribution in [0.15, 0.2) is 35.5 Å². The SMILES string of the molecule is CCNc1cc(Oc2ccc(CO)cc2)nc(SC)n1. The number of hydrogen-bond acceptors (Lipinski definition) is 6. The molecule has 0 spiro atoms. The number of aliphatic hydroxyl groups excluding tert-OH is 1. The molecule has 0 aliphatic heterocycles. The number of nitrogens with one attached hydrogen (secondary N) is 1. The van der Waals surface area contributed by atoms with Crippen molar-refractivity contribution >= 4 is 17.6 Å². The second-order valence-corrected chi connectivity index (χ2v) is 4.79. The molecule has 5 nitrogen and oxygen atoms in total. The fourth-order valence-corrected chi connectivity index (χ4v) is 1.97. The van der Waals surface area contributed by atoms with E-state index < -0.39 is 0 Å². The van der Waals surface area contributed by atoms with Gasteiger partial charge < -0.3 is 15.2 Å². The first-order valence-corrected chi connectivity index (χ1v) is 7.52. The predicted molar refractivity (Wildman–Crippen MR) is 80.4 cm³/mol. The molecule has 0 aliphatic carbocycles. The van der Waals surface area contributed by atoms with Crippen LogP contribution >= 0.6 is 11.8 Å². The summed E-state index contributed by atoms with van der Waals surface area (Å²) in [5, 5.41) is 12.8. The third-order valence-corrected chi connectivity index (χ3v) is 3.10. The summed E-state index contributed by atoms with van der Waals surface area (Å²) in [5.41, 5.74) is 0.846. The van der Waals surface area contributed by atoms with Crippen molar-refractivity contribution in [1.82, 2.24) is 9.97 Å². The van der Waals surface area contributed by atoms with Crippen molar-refractivity contribution in [3.8, 4) is 11.6 Å².